The number of nitrogens with zero attached hydrogens (tertiary/aromatic N) is 3. The molecule has 0 amide bonds. The van der Waals surface area contributed by atoms with Gasteiger partial charge in [-0.15, -0.1) is 0 Å². The van der Waals surface area contributed by atoms with Gasteiger partial charge in [0.25, 0.3) is 10.0 Å². The molecule has 0 radical (unpaired) electrons. The normalized spacial score (nSPS) is 18.3. The van der Waals surface area contributed by atoms with E-state index in [1.807, 2.05) is 17.8 Å². The molecule has 5 rings (SSSR count). The van der Waals surface area contributed by atoms with Crippen molar-refractivity contribution in [1.82, 2.24) is 14.8 Å². The summed E-state index contributed by atoms with van der Waals surface area (Å²) in [5.41, 5.74) is 15.2. The van der Waals surface area contributed by atoms with Gasteiger partial charge in [0.1, 0.15) is 22.2 Å². The number of nitrogen functional groups attached to an aromatic ring is 1. The van der Waals surface area contributed by atoms with Crippen molar-refractivity contribution in [2.24, 2.45) is 5.73 Å². The maximum absolute atomic E-state index is 15.2. The number of aromatic nitrogens is 3. The molecule has 0 saturated heterocycles. The van der Waals surface area contributed by atoms with Gasteiger partial charge in [0.2, 0.25) is 0 Å². The highest BCUT2D eigenvalue weighted by molar-refractivity contribution is 7.92. The zero-order valence-electron chi connectivity index (χ0n) is 20.3. The summed E-state index contributed by atoms with van der Waals surface area (Å²) in [7, 11) is -4.09. The summed E-state index contributed by atoms with van der Waals surface area (Å²) in [4.78, 5) is 4.32. The molecule has 5 N–H and O–H groups in total. The second kappa shape index (κ2) is 9.92. The van der Waals surface area contributed by atoms with E-state index in [-0.39, 0.29) is 21.6 Å². The molecule has 37 heavy (non-hydrogen) atoms. The number of hydrogen-bond acceptors (Lipinski definition) is 6. The lowest BCUT2D eigenvalue weighted by atomic mass is 9.82. The van der Waals surface area contributed by atoms with Crippen LogP contribution in [0.15, 0.2) is 53.6 Å². The lowest BCUT2D eigenvalue weighted by Crippen LogP contribution is -2.26. The fourth-order valence-corrected chi connectivity index (χ4v) is 6.62. The molecule has 1 saturated carbocycles. The number of pyridine rings is 1. The zero-order valence-corrected chi connectivity index (χ0v) is 21.9. The van der Waals surface area contributed by atoms with E-state index in [1.54, 1.807) is 18.2 Å². The van der Waals surface area contributed by atoms with Crippen LogP contribution in [0.5, 0.6) is 0 Å². The summed E-state index contributed by atoms with van der Waals surface area (Å²) in [6.45, 7) is 2.58. The third kappa shape index (κ3) is 4.76. The monoisotopic (exact) mass is 542 g/mol. The van der Waals surface area contributed by atoms with Crippen LogP contribution in [0.2, 0.25) is 5.02 Å². The first kappa shape index (κ1) is 25.4. The van der Waals surface area contributed by atoms with E-state index in [4.69, 9.17) is 28.2 Å². The molecule has 194 valence electrons. The highest BCUT2D eigenvalue weighted by Gasteiger charge is 2.27. The van der Waals surface area contributed by atoms with Gasteiger partial charge < -0.3 is 11.5 Å². The number of nitrogens with two attached hydrogens (primary N) is 2. The molecule has 0 unspecified atom stereocenters. The number of anilines is 2. The molecule has 2 aromatic heterocycles. The van der Waals surface area contributed by atoms with Gasteiger partial charge in [-0.05, 0) is 68.4 Å². The topological polar surface area (TPSA) is 129 Å². The third-order valence-electron chi connectivity index (χ3n) is 6.95. The summed E-state index contributed by atoms with van der Waals surface area (Å²) in [6.07, 6.45) is 5.63. The van der Waals surface area contributed by atoms with Crippen molar-refractivity contribution in [3.8, 4) is 11.3 Å². The van der Waals surface area contributed by atoms with E-state index in [1.165, 1.54) is 24.3 Å². The Labute approximate surface area is 219 Å². The summed E-state index contributed by atoms with van der Waals surface area (Å²) in [5.74, 6) is -0.148. The second-order valence-corrected chi connectivity index (χ2v) is 11.4. The molecule has 4 aromatic rings. The molecule has 1 fully saturated rings. The SMILES string of the molecule is CCn1nc(-c2ccc(NS(=O)(=O)c3ccccc3Cl)c(F)c2)c2c(N)ncc(C3CCC(N)CC3)c21. The van der Waals surface area contributed by atoms with Crippen molar-refractivity contribution < 1.29 is 12.8 Å². The molecule has 11 heteroatoms. The van der Waals surface area contributed by atoms with E-state index in [0.29, 0.717) is 34.9 Å². The van der Waals surface area contributed by atoms with Crippen LogP contribution < -0.4 is 16.2 Å². The Morgan fingerprint density at radius 3 is 2.57 bits per heavy atom. The van der Waals surface area contributed by atoms with Gasteiger partial charge in [0.05, 0.1) is 21.6 Å². The van der Waals surface area contributed by atoms with Gasteiger partial charge in [-0.1, -0.05) is 29.8 Å². The van der Waals surface area contributed by atoms with E-state index in [0.717, 1.165) is 36.8 Å². The van der Waals surface area contributed by atoms with Crippen LogP contribution in [0, 0.1) is 5.82 Å². The predicted molar refractivity (Wildman–Crippen MR) is 144 cm³/mol. The Hall–Kier alpha value is -3.21. The van der Waals surface area contributed by atoms with E-state index < -0.39 is 15.8 Å². The Kier molecular flexibility index (Phi) is 6.82. The average Bonchev–Trinajstić information content (AvgIpc) is 3.27. The molecule has 0 aliphatic heterocycles. The van der Waals surface area contributed by atoms with Crippen LogP contribution in [0.1, 0.15) is 44.1 Å². The van der Waals surface area contributed by atoms with Crippen LogP contribution in [-0.2, 0) is 16.6 Å². The van der Waals surface area contributed by atoms with Crippen molar-refractivity contribution in [2.75, 3.05) is 10.5 Å². The number of rotatable bonds is 6. The number of nitrogens with one attached hydrogen (secondary N) is 1. The molecule has 1 aliphatic rings. The number of halogens is 2. The van der Waals surface area contributed by atoms with E-state index >= 15 is 4.39 Å². The lowest BCUT2D eigenvalue weighted by molar-refractivity contribution is 0.395. The smallest absolute Gasteiger partial charge is 0.263 e. The fourth-order valence-electron chi connectivity index (χ4n) is 5.03. The van der Waals surface area contributed by atoms with Crippen LogP contribution >= 0.6 is 11.6 Å². The molecule has 0 bridgehead atoms. The summed E-state index contributed by atoms with van der Waals surface area (Å²) < 4.78 is 45.0. The minimum Gasteiger partial charge on any atom is -0.383 e. The predicted octanol–water partition coefficient (Wildman–Crippen LogP) is 5.28. The standard InChI is InChI=1S/C26H28ClFN6O2S/c1-2-34-25-18(15-7-10-17(29)11-8-15)14-31-26(30)23(25)24(32-34)16-9-12-21(20(28)13-16)33-37(35,36)22-6-4-3-5-19(22)27/h3-6,9,12-15,17,33H,2,7-8,10-11,29H2,1H3,(H2,30,31). The third-order valence-corrected chi connectivity index (χ3v) is 8.81. The fraction of sp³-hybridized carbons (Fsp3) is 0.308. The quantitative estimate of drug-likeness (QED) is 0.304. The van der Waals surface area contributed by atoms with Gasteiger partial charge >= 0.3 is 0 Å². The first-order valence-electron chi connectivity index (χ1n) is 12.2. The minimum absolute atomic E-state index is 0.0438. The molecular formula is C26H28ClFN6O2S. The van der Waals surface area contributed by atoms with Crippen LogP contribution in [-0.4, -0.2) is 29.2 Å². The molecule has 0 atom stereocenters. The highest BCUT2D eigenvalue weighted by atomic mass is 35.5. The van der Waals surface area contributed by atoms with Crippen molar-refractivity contribution in [2.45, 2.75) is 56.0 Å². The highest BCUT2D eigenvalue weighted by Crippen LogP contribution is 2.40. The van der Waals surface area contributed by atoms with Gasteiger partial charge in [0, 0.05) is 24.3 Å². The van der Waals surface area contributed by atoms with Crippen molar-refractivity contribution in [3.63, 3.8) is 0 Å². The van der Waals surface area contributed by atoms with Crippen LogP contribution in [0.4, 0.5) is 15.9 Å². The first-order valence-corrected chi connectivity index (χ1v) is 14.0. The number of fused-ring (bicyclic) bond motifs is 1. The van der Waals surface area contributed by atoms with Crippen molar-refractivity contribution in [3.05, 3.63) is 65.1 Å². The van der Waals surface area contributed by atoms with Crippen LogP contribution in [0.25, 0.3) is 22.2 Å². The first-order chi connectivity index (χ1) is 17.7. The van der Waals surface area contributed by atoms with E-state index in [9.17, 15) is 8.42 Å². The van der Waals surface area contributed by atoms with Crippen molar-refractivity contribution >= 4 is 44.0 Å². The summed E-state index contributed by atoms with van der Waals surface area (Å²) in [5, 5.41) is 5.47. The molecule has 8 nitrogen and oxygen atoms in total. The van der Waals surface area contributed by atoms with Gasteiger partial charge in [-0.25, -0.2) is 17.8 Å². The van der Waals surface area contributed by atoms with E-state index in [2.05, 4.69) is 9.71 Å². The zero-order chi connectivity index (χ0) is 26.3. The molecule has 2 aromatic carbocycles. The average molecular weight is 543 g/mol. The molecular weight excluding hydrogens is 515 g/mol. The second-order valence-electron chi connectivity index (χ2n) is 9.33. The minimum atomic E-state index is -4.09. The summed E-state index contributed by atoms with van der Waals surface area (Å²) in [6, 6.07) is 10.4. The largest absolute Gasteiger partial charge is 0.383 e. The Balaban J connectivity index is 1.55. The Morgan fingerprint density at radius 1 is 1.16 bits per heavy atom. The lowest BCUT2D eigenvalue weighted by Gasteiger charge is -2.27. The van der Waals surface area contributed by atoms with Gasteiger partial charge in [-0.2, -0.15) is 5.10 Å². The number of sulfonamides is 1. The van der Waals surface area contributed by atoms with Gasteiger partial charge in [0.15, 0.2) is 0 Å². The molecule has 1 aliphatic carbocycles. The van der Waals surface area contributed by atoms with Gasteiger partial charge in [-0.3, -0.25) is 9.40 Å². The number of benzene rings is 2. The maximum atomic E-state index is 15.2. The Bertz CT molecular complexity index is 1580. The molecule has 0 spiro atoms. The Morgan fingerprint density at radius 2 is 1.89 bits per heavy atom. The summed E-state index contributed by atoms with van der Waals surface area (Å²) >= 11 is 6.03. The van der Waals surface area contributed by atoms with Crippen molar-refractivity contribution in [1.29, 1.82) is 0 Å². The molecule has 2 heterocycles. The maximum Gasteiger partial charge on any atom is 0.263 e. The number of hydrogen-bond donors (Lipinski definition) is 3. The van der Waals surface area contributed by atoms with Crippen LogP contribution in [0.3, 0.4) is 0 Å². The number of aryl methyl sites for hydroxylation is 1.